The lowest BCUT2D eigenvalue weighted by Crippen LogP contribution is -1.86. The fraction of sp³-hybridized carbons (Fsp3) is 0. The van der Waals surface area contributed by atoms with Crippen LogP contribution in [0.2, 0.25) is 0 Å². The Morgan fingerprint density at radius 3 is 0.789 bits per heavy atom. The molecule has 0 saturated heterocycles. The van der Waals surface area contributed by atoms with E-state index in [4.69, 9.17) is 0 Å². The van der Waals surface area contributed by atoms with Gasteiger partial charge in [0.05, 0.1) is 0 Å². The van der Waals surface area contributed by atoms with Crippen molar-refractivity contribution >= 4 is 202 Å². The molecule has 14 heteroatoms. The van der Waals surface area contributed by atoms with Crippen molar-refractivity contribution in [2.75, 3.05) is 0 Å². The summed E-state index contributed by atoms with van der Waals surface area (Å²) in [4.78, 5) is 4.72. The summed E-state index contributed by atoms with van der Waals surface area (Å²) in [7, 11) is 6.86. The Hall–Kier alpha value is 3.08. The Morgan fingerprint density at radius 1 is 0.289 bits per heavy atom. The molecule has 0 nitrogen and oxygen atoms in total. The molecule has 0 aliphatic rings. The molecular weight excluding hydrogens is 1220 g/mol. The lowest BCUT2D eigenvalue weighted by atomic mass is 10.4. The van der Waals surface area contributed by atoms with E-state index in [-0.39, 0.29) is 0 Å². The van der Waals surface area contributed by atoms with E-state index in [1.54, 1.807) is 43.2 Å². The number of rotatable bonds is 6. The van der Waals surface area contributed by atoms with Crippen molar-refractivity contribution in [3.63, 3.8) is 0 Å². The molecule has 0 spiro atoms. The molecule has 0 heterocycles. The Kier molecular flexibility index (Phi) is 16.4. The maximum Gasteiger partial charge on any atom is 0.0494 e. The highest BCUT2D eigenvalue weighted by molar-refractivity contribution is 9.16. The third-order valence-corrected chi connectivity index (χ3v) is 22.4. The van der Waals surface area contributed by atoms with Crippen LogP contribution in [-0.4, -0.2) is 0 Å². The van der Waals surface area contributed by atoms with E-state index in [1.165, 1.54) is 9.79 Å². The van der Waals surface area contributed by atoms with E-state index >= 15 is 0 Å². The number of benzene rings is 4. The van der Waals surface area contributed by atoms with Crippen LogP contribution in [0.1, 0.15) is 0 Å². The van der Waals surface area contributed by atoms with Crippen molar-refractivity contribution in [3.8, 4) is 0 Å². The molecule has 38 heavy (non-hydrogen) atoms. The fourth-order valence-electron chi connectivity index (χ4n) is 2.45. The summed E-state index contributed by atoms with van der Waals surface area (Å²) in [5.74, 6) is 0. The maximum atomic E-state index is 3.66. The van der Waals surface area contributed by atoms with Gasteiger partial charge in [0, 0.05) is 64.3 Å². The quantitative estimate of drug-likeness (QED) is 0.107. The molecule has 4 aromatic rings. The van der Waals surface area contributed by atoms with Crippen LogP contribution < -0.4 is 0 Å². The standard InChI is InChI=1S/C12Br10S2.C12H10S2/c13-1-3(15)7(19)11(8(20)4(1)16)23-24-12-9(21)5(17)2(14)6(18)10(12)22;1-3-7-11(8-4-1)13-14-12-9-5-2-6-10-12/h;1-10H. The summed E-state index contributed by atoms with van der Waals surface area (Å²) >= 11 is 36.1. The molecule has 0 fully saturated rings. The number of hydrogen-bond donors (Lipinski definition) is 0. The van der Waals surface area contributed by atoms with E-state index in [0.29, 0.717) is 0 Å². The van der Waals surface area contributed by atoms with Crippen LogP contribution in [0.25, 0.3) is 0 Å². The summed E-state index contributed by atoms with van der Waals surface area (Å²) in [6, 6.07) is 20.8. The second-order valence-corrected chi connectivity index (χ2v) is 19.1. The Bertz CT molecular complexity index is 1250. The highest BCUT2D eigenvalue weighted by atomic mass is 79.9. The van der Waals surface area contributed by atoms with Crippen LogP contribution in [0.4, 0.5) is 0 Å². The van der Waals surface area contributed by atoms with E-state index < -0.39 is 0 Å². The third-order valence-electron chi connectivity index (χ3n) is 4.27. The summed E-state index contributed by atoms with van der Waals surface area (Å²) in [5.41, 5.74) is 0. The van der Waals surface area contributed by atoms with Gasteiger partial charge in [0.25, 0.3) is 0 Å². The molecule has 0 aliphatic heterocycles. The van der Waals surface area contributed by atoms with Gasteiger partial charge in [-0.3, -0.25) is 0 Å². The van der Waals surface area contributed by atoms with Gasteiger partial charge in [-0.2, -0.15) is 0 Å². The van der Waals surface area contributed by atoms with Crippen LogP contribution in [0.3, 0.4) is 0 Å². The predicted octanol–water partition coefficient (Wildman–Crippen LogP) is 16.6. The molecule has 0 N–H and O–H groups in total. The minimum atomic E-state index is 0.951. The summed E-state index contributed by atoms with van der Waals surface area (Å²) in [5, 5.41) is 0. The van der Waals surface area contributed by atoms with Crippen LogP contribution in [0.5, 0.6) is 0 Å². The van der Waals surface area contributed by atoms with E-state index in [9.17, 15) is 0 Å². The Labute approximate surface area is 322 Å². The molecule has 0 saturated carbocycles. The molecule has 0 aliphatic carbocycles. The van der Waals surface area contributed by atoms with E-state index in [2.05, 4.69) is 208 Å². The average molecular weight is 1230 g/mol. The third kappa shape index (κ3) is 9.54. The Balaban J connectivity index is 0.000000241. The fourth-order valence-corrected chi connectivity index (χ4v) is 15.7. The zero-order valence-electron chi connectivity index (χ0n) is 18.2. The normalized spacial score (nSPS) is 10.8. The van der Waals surface area contributed by atoms with E-state index in [1.807, 2.05) is 12.1 Å². The van der Waals surface area contributed by atoms with Crippen LogP contribution in [0.15, 0.2) is 125 Å². The molecule has 0 atom stereocenters. The minimum absolute atomic E-state index is 0.951. The second-order valence-electron chi connectivity index (χ2n) is 6.76. The first-order valence-corrected chi connectivity index (χ1v) is 22.1. The van der Waals surface area contributed by atoms with Gasteiger partial charge in [0.1, 0.15) is 0 Å². The first kappa shape index (κ1) is 35.6. The van der Waals surface area contributed by atoms with Crippen LogP contribution >= 0.6 is 202 Å². The van der Waals surface area contributed by atoms with Gasteiger partial charge in [-0.1, -0.05) is 79.6 Å². The van der Waals surface area contributed by atoms with Gasteiger partial charge < -0.3 is 0 Å². The molecule has 200 valence electrons. The number of hydrogen-bond acceptors (Lipinski definition) is 4. The van der Waals surface area contributed by atoms with Crippen molar-refractivity contribution in [1.82, 2.24) is 0 Å². The van der Waals surface area contributed by atoms with Crippen molar-refractivity contribution < 1.29 is 0 Å². The predicted molar refractivity (Wildman–Crippen MR) is 206 cm³/mol. The average Bonchev–Trinajstić information content (AvgIpc) is 2.94. The molecule has 0 bridgehead atoms. The highest BCUT2D eigenvalue weighted by Crippen LogP contribution is 2.56. The number of halogens is 10. The topological polar surface area (TPSA) is 0 Å². The molecular formula is C24H10Br10S4. The lowest BCUT2D eigenvalue weighted by Gasteiger charge is -2.15. The Morgan fingerprint density at radius 2 is 0.526 bits per heavy atom. The smallest absolute Gasteiger partial charge is 0.0494 e. The van der Waals surface area contributed by atoms with Crippen molar-refractivity contribution in [1.29, 1.82) is 0 Å². The molecule has 4 aromatic carbocycles. The summed E-state index contributed by atoms with van der Waals surface area (Å²) in [6.45, 7) is 0. The van der Waals surface area contributed by atoms with Gasteiger partial charge in [0.15, 0.2) is 0 Å². The lowest BCUT2D eigenvalue weighted by molar-refractivity contribution is 1.28. The maximum absolute atomic E-state index is 3.66. The monoisotopic (exact) mass is 1220 g/mol. The van der Waals surface area contributed by atoms with E-state index in [0.717, 1.165) is 54.5 Å². The molecule has 0 amide bonds. The highest BCUT2D eigenvalue weighted by Gasteiger charge is 2.22. The zero-order chi connectivity index (χ0) is 28.0. The van der Waals surface area contributed by atoms with Crippen LogP contribution in [0, 0.1) is 0 Å². The molecule has 0 unspecified atom stereocenters. The van der Waals surface area contributed by atoms with Gasteiger partial charge in [-0.05, 0) is 184 Å². The molecule has 0 radical (unpaired) electrons. The van der Waals surface area contributed by atoms with Gasteiger partial charge in [-0.25, -0.2) is 0 Å². The summed E-state index contributed by atoms with van der Waals surface area (Å²) in [6.07, 6.45) is 0. The minimum Gasteiger partial charge on any atom is -0.0622 e. The second kappa shape index (κ2) is 17.5. The van der Waals surface area contributed by atoms with Crippen molar-refractivity contribution in [3.05, 3.63) is 105 Å². The van der Waals surface area contributed by atoms with Crippen molar-refractivity contribution in [2.45, 2.75) is 19.6 Å². The molecule has 0 aromatic heterocycles. The van der Waals surface area contributed by atoms with Gasteiger partial charge in [0.2, 0.25) is 0 Å². The largest absolute Gasteiger partial charge is 0.0622 e. The SMILES string of the molecule is Brc1c(Br)c(Br)c(SSc2c(Br)c(Br)c(Br)c(Br)c2Br)c(Br)c1Br.c1ccc(SSc2ccccc2)cc1. The first-order chi connectivity index (χ1) is 18.0. The zero-order valence-corrected chi connectivity index (χ0v) is 37.3. The first-order valence-electron chi connectivity index (χ1n) is 9.86. The van der Waals surface area contributed by atoms with Crippen molar-refractivity contribution in [2.24, 2.45) is 0 Å². The molecule has 4 rings (SSSR count). The van der Waals surface area contributed by atoms with Gasteiger partial charge >= 0.3 is 0 Å². The van der Waals surface area contributed by atoms with Gasteiger partial charge in [-0.15, -0.1) is 0 Å². The van der Waals surface area contributed by atoms with Crippen LogP contribution in [-0.2, 0) is 0 Å². The summed E-state index contributed by atoms with van der Waals surface area (Å²) < 4.78 is 9.63.